The highest BCUT2D eigenvalue weighted by atomic mass is 19.4. The number of rotatable bonds is 2. The van der Waals surface area contributed by atoms with E-state index in [1.165, 1.54) is 12.1 Å². The summed E-state index contributed by atoms with van der Waals surface area (Å²) in [6.07, 6.45) is -2.19. The topological polar surface area (TPSA) is 52.0 Å². The molecule has 1 atom stereocenters. The average molecular weight is 296 g/mol. The average Bonchev–Trinajstić information content (AvgIpc) is 2.89. The molecule has 6 heteroatoms. The molecule has 21 heavy (non-hydrogen) atoms. The maximum atomic E-state index is 13.0. The minimum atomic E-state index is -4.43. The third-order valence-corrected chi connectivity index (χ3v) is 3.84. The highest BCUT2D eigenvalue weighted by molar-refractivity contribution is 5.60. The van der Waals surface area contributed by atoms with E-state index in [9.17, 15) is 13.2 Å². The standard InChI is InChI=1S/C15H15F3N2O/c16-15(17,18)11-4-2-1-3-10(11)14-20-12-7-9(8-19)5-6-13(12)21-14/h1-4,9H,5-8,19H2. The summed E-state index contributed by atoms with van der Waals surface area (Å²) >= 11 is 0. The Balaban J connectivity index is 2.02. The Morgan fingerprint density at radius 3 is 2.76 bits per heavy atom. The number of fused-ring (bicyclic) bond motifs is 1. The van der Waals surface area contributed by atoms with Crippen molar-refractivity contribution in [1.82, 2.24) is 4.98 Å². The van der Waals surface area contributed by atoms with E-state index in [4.69, 9.17) is 10.2 Å². The quantitative estimate of drug-likeness (QED) is 0.923. The molecule has 0 aliphatic heterocycles. The summed E-state index contributed by atoms with van der Waals surface area (Å²) in [5, 5.41) is 0. The highest BCUT2D eigenvalue weighted by Crippen LogP contribution is 2.38. The van der Waals surface area contributed by atoms with Crippen molar-refractivity contribution < 1.29 is 17.6 Å². The second kappa shape index (κ2) is 5.18. The van der Waals surface area contributed by atoms with Crippen LogP contribution in [0.15, 0.2) is 28.7 Å². The molecular formula is C15H15F3N2O. The summed E-state index contributed by atoms with van der Waals surface area (Å²) in [5.41, 5.74) is 5.66. The Kier molecular flexibility index (Phi) is 3.49. The van der Waals surface area contributed by atoms with Crippen molar-refractivity contribution in [3.63, 3.8) is 0 Å². The molecule has 0 saturated heterocycles. The van der Waals surface area contributed by atoms with Crippen LogP contribution < -0.4 is 5.73 Å². The van der Waals surface area contributed by atoms with E-state index in [0.29, 0.717) is 31.1 Å². The van der Waals surface area contributed by atoms with Crippen LogP contribution in [-0.4, -0.2) is 11.5 Å². The van der Waals surface area contributed by atoms with Gasteiger partial charge in [-0.05, 0) is 37.4 Å². The molecule has 0 radical (unpaired) electrons. The monoisotopic (exact) mass is 296 g/mol. The number of nitrogens with zero attached hydrogens (tertiary/aromatic N) is 1. The van der Waals surface area contributed by atoms with Crippen LogP contribution in [0, 0.1) is 5.92 Å². The van der Waals surface area contributed by atoms with Gasteiger partial charge in [-0.15, -0.1) is 0 Å². The van der Waals surface area contributed by atoms with Gasteiger partial charge in [-0.1, -0.05) is 12.1 Å². The van der Waals surface area contributed by atoms with E-state index in [1.54, 1.807) is 6.07 Å². The summed E-state index contributed by atoms with van der Waals surface area (Å²) in [4.78, 5) is 4.27. The van der Waals surface area contributed by atoms with Crippen LogP contribution in [0.2, 0.25) is 0 Å². The second-order valence-electron chi connectivity index (χ2n) is 5.28. The first kappa shape index (κ1) is 14.1. The number of aromatic nitrogens is 1. The maximum absolute atomic E-state index is 13.0. The maximum Gasteiger partial charge on any atom is 0.417 e. The van der Waals surface area contributed by atoms with Gasteiger partial charge < -0.3 is 10.2 Å². The minimum absolute atomic E-state index is 0.0105. The van der Waals surface area contributed by atoms with Crippen LogP contribution in [0.5, 0.6) is 0 Å². The number of oxazole rings is 1. The van der Waals surface area contributed by atoms with Gasteiger partial charge in [-0.2, -0.15) is 13.2 Å². The fraction of sp³-hybridized carbons (Fsp3) is 0.400. The molecule has 1 unspecified atom stereocenters. The van der Waals surface area contributed by atoms with Crippen LogP contribution in [0.3, 0.4) is 0 Å². The van der Waals surface area contributed by atoms with Crippen molar-refractivity contribution in [3.05, 3.63) is 41.3 Å². The molecule has 0 spiro atoms. The van der Waals surface area contributed by atoms with Crippen LogP contribution >= 0.6 is 0 Å². The molecule has 0 amide bonds. The van der Waals surface area contributed by atoms with Gasteiger partial charge in [0.15, 0.2) is 0 Å². The predicted molar refractivity (Wildman–Crippen MR) is 71.5 cm³/mol. The van der Waals surface area contributed by atoms with E-state index in [-0.39, 0.29) is 11.5 Å². The summed E-state index contributed by atoms with van der Waals surface area (Å²) < 4.78 is 44.7. The zero-order valence-electron chi connectivity index (χ0n) is 11.3. The number of alkyl halides is 3. The summed E-state index contributed by atoms with van der Waals surface area (Å²) in [6, 6.07) is 5.35. The molecule has 3 rings (SSSR count). The van der Waals surface area contributed by atoms with Crippen LogP contribution in [-0.2, 0) is 19.0 Å². The van der Waals surface area contributed by atoms with Crippen LogP contribution in [0.25, 0.3) is 11.5 Å². The second-order valence-corrected chi connectivity index (χ2v) is 5.28. The molecule has 2 aromatic rings. The SMILES string of the molecule is NCC1CCc2oc(-c3ccccc3C(F)(F)F)nc2C1. The molecule has 1 aliphatic rings. The predicted octanol–water partition coefficient (Wildman–Crippen LogP) is 3.42. The third-order valence-electron chi connectivity index (χ3n) is 3.84. The Morgan fingerprint density at radius 2 is 2.05 bits per heavy atom. The van der Waals surface area contributed by atoms with E-state index in [0.717, 1.165) is 18.2 Å². The molecular weight excluding hydrogens is 281 g/mol. The Bertz CT molecular complexity index is 649. The van der Waals surface area contributed by atoms with Gasteiger partial charge in [0.2, 0.25) is 5.89 Å². The molecule has 0 bridgehead atoms. The van der Waals surface area contributed by atoms with Gasteiger partial charge in [0.25, 0.3) is 0 Å². The summed E-state index contributed by atoms with van der Waals surface area (Å²) in [6.45, 7) is 0.556. The van der Waals surface area contributed by atoms with Gasteiger partial charge in [-0.3, -0.25) is 0 Å². The van der Waals surface area contributed by atoms with Crippen molar-refractivity contribution >= 4 is 0 Å². The van der Waals surface area contributed by atoms with Crippen molar-refractivity contribution in [1.29, 1.82) is 0 Å². The third kappa shape index (κ3) is 2.68. The molecule has 1 aliphatic carbocycles. The van der Waals surface area contributed by atoms with Crippen molar-refractivity contribution in [2.45, 2.75) is 25.4 Å². The molecule has 2 N–H and O–H groups in total. The zero-order valence-corrected chi connectivity index (χ0v) is 11.3. The van der Waals surface area contributed by atoms with E-state index in [2.05, 4.69) is 4.98 Å². The largest absolute Gasteiger partial charge is 0.441 e. The van der Waals surface area contributed by atoms with Crippen molar-refractivity contribution in [3.8, 4) is 11.5 Å². The number of hydrogen-bond donors (Lipinski definition) is 1. The Hall–Kier alpha value is -1.82. The first-order valence-electron chi connectivity index (χ1n) is 6.84. The summed E-state index contributed by atoms with van der Waals surface area (Å²) in [5.74, 6) is 1.06. The minimum Gasteiger partial charge on any atom is -0.441 e. The van der Waals surface area contributed by atoms with Crippen molar-refractivity contribution in [2.75, 3.05) is 6.54 Å². The van der Waals surface area contributed by atoms with Crippen molar-refractivity contribution in [2.24, 2.45) is 11.7 Å². The summed E-state index contributed by atoms with van der Waals surface area (Å²) in [7, 11) is 0. The number of halogens is 3. The lowest BCUT2D eigenvalue weighted by Gasteiger charge is -2.17. The van der Waals surface area contributed by atoms with Crippen LogP contribution in [0.4, 0.5) is 13.2 Å². The lowest BCUT2D eigenvalue weighted by molar-refractivity contribution is -0.137. The smallest absolute Gasteiger partial charge is 0.417 e. The number of nitrogens with two attached hydrogens (primary N) is 1. The highest BCUT2D eigenvalue weighted by Gasteiger charge is 2.35. The van der Waals surface area contributed by atoms with E-state index >= 15 is 0 Å². The van der Waals surface area contributed by atoms with Gasteiger partial charge in [0.1, 0.15) is 5.76 Å². The Labute approximate surface area is 120 Å². The molecule has 1 heterocycles. The molecule has 0 fully saturated rings. The van der Waals surface area contributed by atoms with Gasteiger partial charge in [-0.25, -0.2) is 4.98 Å². The fourth-order valence-corrected chi connectivity index (χ4v) is 2.68. The first-order valence-corrected chi connectivity index (χ1v) is 6.84. The lowest BCUT2D eigenvalue weighted by Crippen LogP contribution is -2.21. The zero-order chi connectivity index (χ0) is 15.0. The molecule has 1 aromatic heterocycles. The molecule has 112 valence electrons. The number of benzene rings is 1. The van der Waals surface area contributed by atoms with Gasteiger partial charge >= 0.3 is 6.18 Å². The molecule has 3 nitrogen and oxygen atoms in total. The van der Waals surface area contributed by atoms with Gasteiger partial charge in [0, 0.05) is 12.0 Å². The molecule has 1 aromatic carbocycles. The van der Waals surface area contributed by atoms with E-state index < -0.39 is 11.7 Å². The lowest BCUT2D eigenvalue weighted by atomic mass is 9.90. The van der Waals surface area contributed by atoms with Crippen LogP contribution in [0.1, 0.15) is 23.4 Å². The normalized spacial score (nSPS) is 18.6. The first-order chi connectivity index (χ1) is 9.99. The fourth-order valence-electron chi connectivity index (χ4n) is 2.68. The number of aryl methyl sites for hydroxylation is 1. The Morgan fingerprint density at radius 1 is 1.29 bits per heavy atom. The van der Waals surface area contributed by atoms with E-state index in [1.807, 2.05) is 0 Å². The molecule has 0 saturated carbocycles. The van der Waals surface area contributed by atoms with Gasteiger partial charge in [0.05, 0.1) is 11.3 Å². The number of hydrogen-bond acceptors (Lipinski definition) is 3.